The van der Waals surface area contributed by atoms with Crippen LogP contribution in [0.25, 0.3) is 0 Å². The van der Waals surface area contributed by atoms with Crippen molar-refractivity contribution in [1.82, 2.24) is 10.3 Å². The van der Waals surface area contributed by atoms with E-state index in [9.17, 15) is 0 Å². The third-order valence-electron chi connectivity index (χ3n) is 3.92. The average molecular weight is 261 g/mol. The zero-order valence-electron chi connectivity index (χ0n) is 12.5. The second-order valence-electron chi connectivity index (χ2n) is 5.58. The predicted octanol–water partition coefficient (Wildman–Crippen LogP) is 3.38. The molecule has 0 saturated heterocycles. The fourth-order valence-electron chi connectivity index (χ4n) is 2.56. The maximum atomic E-state index is 4.65. The van der Waals surface area contributed by atoms with Crippen LogP contribution >= 0.6 is 0 Å². The molecule has 0 bridgehead atoms. The molecule has 1 aliphatic carbocycles. The van der Waals surface area contributed by atoms with E-state index in [1.54, 1.807) is 0 Å². The molecule has 19 heavy (non-hydrogen) atoms. The van der Waals surface area contributed by atoms with Gasteiger partial charge in [0.1, 0.15) is 0 Å². The van der Waals surface area contributed by atoms with Crippen LogP contribution in [0.2, 0.25) is 0 Å². The lowest BCUT2D eigenvalue weighted by Crippen LogP contribution is -2.26. The fourth-order valence-corrected chi connectivity index (χ4v) is 2.56. The number of rotatable bonds is 8. The Balaban J connectivity index is 2.05. The summed E-state index contributed by atoms with van der Waals surface area (Å²) in [6, 6.07) is 4.78. The summed E-state index contributed by atoms with van der Waals surface area (Å²) in [6.45, 7) is 6.78. The van der Waals surface area contributed by atoms with Crippen molar-refractivity contribution in [2.75, 3.05) is 25.0 Å². The maximum absolute atomic E-state index is 4.65. The highest BCUT2D eigenvalue weighted by Gasteiger charge is 2.24. The van der Waals surface area contributed by atoms with Gasteiger partial charge in [0.25, 0.3) is 0 Å². The summed E-state index contributed by atoms with van der Waals surface area (Å²) in [6.07, 6.45) is 7.13. The van der Waals surface area contributed by atoms with Crippen LogP contribution in [-0.4, -0.2) is 25.1 Å². The van der Waals surface area contributed by atoms with Crippen molar-refractivity contribution >= 4 is 5.69 Å². The highest BCUT2D eigenvalue weighted by molar-refractivity contribution is 5.45. The zero-order chi connectivity index (χ0) is 13.7. The van der Waals surface area contributed by atoms with Gasteiger partial charge in [0.15, 0.2) is 0 Å². The van der Waals surface area contributed by atoms with E-state index in [4.69, 9.17) is 0 Å². The third kappa shape index (κ3) is 3.93. The molecule has 1 heterocycles. The van der Waals surface area contributed by atoms with E-state index in [1.165, 1.54) is 31.5 Å². The van der Waals surface area contributed by atoms with Gasteiger partial charge in [-0.15, -0.1) is 0 Å². The van der Waals surface area contributed by atoms with E-state index in [1.807, 2.05) is 13.2 Å². The lowest BCUT2D eigenvalue weighted by atomic mass is 10.1. The third-order valence-corrected chi connectivity index (χ3v) is 3.92. The summed E-state index contributed by atoms with van der Waals surface area (Å²) >= 11 is 0. The normalized spacial score (nSPS) is 16.4. The number of nitrogens with zero attached hydrogens (tertiary/aromatic N) is 2. The molecule has 1 unspecified atom stereocenters. The molecular weight excluding hydrogens is 234 g/mol. The maximum Gasteiger partial charge on any atom is 0.0574 e. The number of nitrogens with one attached hydrogen (secondary N) is 1. The number of hydrogen-bond acceptors (Lipinski definition) is 3. The minimum atomic E-state index is 0.372. The fraction of sp³-hybridized carbons (Fsp3) is 0.688. The largest absolute Gasteiger partial charge is 0.370 e. The summed E-state index contributed by atoms with van der Waals surface area (Å²) in [4.78, 5) is 7.14. The van der Waals surface area contributed by atoms with E-state index < -0.39 is 0 Å². The first-order valence-electron chi connectivity index (χ1n) is 7.66. The van der Waals surface area contributed by atoms with Gasteiger partial charge in [0.2, 0.25) is 0 Å². The topological polar surface area (TPSA) is 28.2 Å². The molecule has 1 aromatic heterocycles. The van der Waals surface area contributed by atoms with Crippen molar-refractivity contribution in [3.63, 3.8) is 0 Å². The van der Waals surface area contributed by atoms with Crippen LogP contribution in [0.4, 0.5) is 5.69 Å². The van der Waals surface area contributed by atoms with E-state index in [0.29, 0.717) is 6.04 Å². The van der Waals surface area contributed by atoms with Crippen LogP contribution in [0.1, 0.15) is 51.3 Å². The molecule has 0 amide bonds. The van der Waals surface area contributed by atoms with Crippen molar-refractivity contribution in [2.45, 2.75) is 45.6 Å². The van der Waals surface area contributed by atoms with E-state index in [0.717, 1.165) is 24.6 Å². The quantitative estimate of drug-likeness (QED) is 0.777. The lowest BCUT2D eigenvalue weighted by molar-refractivity contribution is 0.561. The number of anilines is 1. The van der Waals surface area contributed by atoms with E-state index >= 15 is 0 Å². The minimum absolute atomic E-state index is 0.372. The summed E-state index contributed by atoms with van der Waals surface area (Å²) in [7, 11) is 2.00. The Labute approximate surface area is 117 Å². The van der Waals surface area contributed by atoms with Crippen molar-refractivity contribution in [2.24, 2.45) is 5.92 Å². The Hall–Kier alpha value is -1.09. The standard InChI is InChI=1S/C16H27N3/c1-4-10-19(12-13-6-7-13)14-8-9-16(18-11-14)15(5-2)17-3/h8-9,11,13,15,17H,4-7,10,12H2,1-3H3. The predicted molar refractivity (Wildman–Crippen MR) is 81.6 cm³/mol. The van der Waals surface area contributed by atoms with Gasteiger partial charge < -0.3 is 10.2 Å². The first kappa shape index (κ1) is 14.3. The van der Waals surface area contributed by atoms with Crippen LogP contribution < -0.4 is 10.2 Å². The van der Waals surface area contributed by atoms with Gasteiger partial charge >= 0.3 is 0 Å². The van der Waals surface area contributed by atoms with Gasteiger partial charge in [-0.05, 0) is 50.8 Å². The summed E-state index contributed by atoms with van der Waals surface area (Å²) in [5, 5.41) is 3.31. The zero-order valence-corrected chi connectivity index (χ0v) is 12.5. The molecule has 3 heteroatoms. The molecule has 0 spiro atoms. The Morgan fingerprint density at radius 3 is 2.63 bits per heavy atom. The van der Waals surface area contributed by atoms with Crippen LogP contribution in [0.5, 0.6) is 0 Å². The molecule has 1 aliphatic rings. The van der Waals surface area contributed by atoms with E-state index in [2.05, 4.69) is 41.2 Å². The lowest BCUT2D eigenvalue weighted by Gasteiger charge is -2.24. The molecule has 1 atom stereocenters. The molecule has 106 valence electrons. The molecule has 1 fully saturated rings. The van der Waals surface area contributed by atoms with Crippen molar-refractivity contribution in [3.05, 3.63) is 24.0 Å². The molecule has 1 saturated carbocycles. The first-order chi connectivity index (χ1) is 9.28. The van der Waals surface area contributed by atoms with Gasteiger partial charge in [-0.3, -0.25) is 4.98 Å². The van der Waals surface area contributed by atoms with Gasteiger partial charge in [-0.1, -0.05) is 13.8 Å². The number of pyridine rings is 1. The second kappa shape index (κ2) is 6.90. The minimum Gasteiger partial charge on any atom is -0.370 e. The van der Waals surface area contributed by atoms with Crippen molar-refractivity contribution < 1.29 is 0 Å². The molecular formula is C16H27N3. The van der Waals surface area contributed by atoms with Crippen LogP contribution in [0.3, 0.4) is 0 Å². The molecule has 0 radical (unpaired) electrons. The Morgan fingerprint density at radius 1 is 1.37 bits per heavy atom. The molecule has 1 aromatic rings. The van der Waals surface area contributed by atoms with Gasteiger partial charge in [0, 0.05) is 19.1 Å². The van der Waals surface area contributed by atoms with Crippen LogP contribution in [0, 0.1) is 5.92 Å². The number of aromatic nitrogens is 1. The van der Waals surface area contributed by atoms with Gasteiger partial charge in [-0.25, -0.2) is 0 Å². The second-order valence-corrected chi connectivity index (χ2v) is 5.58. The first-order valence-corrected chi connectivity index (χ1v) is 7.66. The SMILES string of the molecule is CCCN(CC1CC1)c1ccc(C(CC)NC)nc1. The van der Waals surface area contributed by atoms with Crippen LogP contribution in [-0.2, 0) is 0 Å². The molecule has 0 aromatic carbocycles. The average Bonchev–Trinajstić information content (AvgIpc) is 3.25. The summed E-state index contributed by atoms with van der Waals surface area (Å²) in [5.74, 6) is 0.923. The number of hydrogen-bond donors (Lipinski definition) is 1. The summed E-state index contributed by atoms with van der Waals surface area (Å²) < 4.78 is 0. The van der Waals surface area contributed by atoms with Crippen molar-refractivity contribution in [3.8, 4) is 0 Å². The summed E-state index contributed by atoms with van der Waals surface area (Å²) in [5.41, 5.74) is 2.43. The Morgan fingerprint density at radius 2 is 2.16 bits per heavy atom. The molecule has 1 N–H and O–H groups in total. The Kier molecular flexibility index (Phi) is 5.20. The monoisotopic (exact) mass is 261 g/mol. The molecule has 2 rings (SSSR count). The van der Waals surface area contributed by atoms with Gasteiger partial charge in [-0.2, -0.15) is 0 Å². The molecule has 0 aliphatic heterocycles. The smallest absolute Gasteiger partial charge is 0.0574 e. The van der Waals surface area contributed by atoms with Gasteiger partial charge in [0.05, 0.1) is 17.6 Å². The van der Waals surface area contributed by atoms with Crippen molar-refractivity contribution in [1.29, 1.82) is 0 Å². The van der Waals surface area contributed by atoms with Crippen LogP contribution in [0.15, 0.2) is 18.3 Å². The Bertz CT molecular complexity index is 366. The molecule has 3 nitrogen and oxygen atoms in total. The highest BCUT2D eigenvalue weighted by Crippen LogP contribution is 2.31. The van der Waals surface area contributed by atoms with E-state index in [-0.39, 0.29) is 0 Å². The highest BCUT2D eigenvalue weighted by atomic mass is 15.1.